The van der Waals surface area contributed by atoms with Crippen LogP contribution >= 0.6 is 0 Å². The van der Waals surface area contributed by atoms with Gasteiger partial charge in [0.25, 0.3) is 5.91 Å². The molecule has 0 radical (unpaired) electrons. The summed E-state index contributed by atoms with van der Waals surface area (Å²) in [6, 6.07) is 15.6. The fourth-order valence-electron chi connectivity index (χ4n) is 2.10. The number of rotatable bonds is 7. The van der Waals surface area contributed by atoms with E-state index in [4.69, 9.17) is 4.74 Å². The number of amides is 1. The van der Waals surface area contributed by atoms with Gasteiger partial charge in [0, 0.05) is 12.1 Å². The highest BCUT2D eigenvalue weighted by Gasteiger charge is 2.05. The van der Waals surface area contributed by atoms with Crippen LogP contribution in [0.1, 0.15) is 41.8 Å². The molecule has 0 heterocycles. The molecular weight excluding hydrogens is 274 g/mol. The Morgan fingerprint density at radius 3 is 2.18 bits per heavy atom. The number of nitrogens with one attached hydrogen (secondary N) is 1. The molecule has 2 rings (SSSR count). The number of ether oxygens (including phenoxy) is 1. The van der Waals surface area contributed by atoms with E-state index in [9.17, 15) is 4.79 Å². The number of carbonyl (C=O) groups excluding carboxylic acids is 1. The van der Waals surface area contributed by atoms with Crippen molar-refractivity contribution in [3.63, 3.8) is 0 Å². The molecule has 0 saturated heterocycles. The van der Waals surface area contributed by atoms with Crippen molar-refractivity contribution in [1.29, 1.82) is 0 Å². The Morgan fingerprint density at radius 1 is 0.955 bits per heavy atom. The third kappa shape index (κ3) is 4.62. The van der Waals surface area contributed by atoms with Gasteiger partial charge in [0.1, 0.15) is 5.75 Å². The van der Waals surface area contributed by atoms with Crippen molar-refractivity contribution in [2.75, 3.05) is 6.61 Å². The maximum Gasteiger partial charge on any atom is 0.251 e. The summed E-state index contributed by atoms with van der Waals surface area (Å²) in [5, 5.41) is 2.94. The van der Waals surface area contributed by atoms with E-state index in [-0.39, 0.29) is 5.91 Å². The van der Waals surface area contributed by atoms with Crippen molar-refractivity contribution in [3.8, 4) is 5.75 Å². The van der Waals surface area contributed by atoms with Gasteiger partial charge in [-0.05, 0) is 48.2 Å². The van der Waals surface area contributed by atoms with Crippen LogP contribution in [-0.2, 0) is 13.0 Å². The molecule has 3 nitrogen and oxygen atoms in total. The predicted molar refractivity (Wildman–Crippen MR) is 89.2 cm³/mol. The van der Waals surface area contributed by atoms with E-state index in [1.165, 1.54) is 5.56 Å². The molecule has 0 bridgehead atoms. The third-order valence-electron chi connectivity index (χ3n) is 3.47. The molecule has 2 aromatic carbocycles. The van der Waals surface area contributed by atoms with Crippen LogP contribution in [0.4, 0.5) is 0 Å². The van der Waals surface area contributed by atoms with E-state index in [1.807, 2.05) is 12.1 Å². The molecule has 1 amide bonds. The largest absolute Gasteiger partial charge is 0.494 e. The van der Waals surface area contributed by atoms with Crippen molar-refractivity contribution in [2.24, 2.45) is 0 Å². The Hall–Kier alpha value is -2.29. The molecular formula is C19H23NO2. The second-order valence-electron chi connectivity index (χ2n) is 5.23. The number of aryl methyl sites for hydroxylation is 1. The van der Waals surface area contributed by atoms with Gasteiger partial charge in [0.15, 0.2) is 0 Å². The Labute approximate surface area is 132 Å². The van der Waals surface area contributed by atoms with Crippen LogP contribution in [-0.4, -0.2) is 12.5 Å². The monoisotopic (exact) mass is 297 g/mol. The highest BCUT2D eigenvalue weighted by atomic mass is 16.5. The highest BCUT2D eigenvalue weighted by Crippen LogP contribution is 2.12. The van der Waals surface area contributed by atoms with Crippen LogP contribution in [0.15, 0.2) is 48.5 Å². The fraction of sp³-hybridized carbons (Fsp3) is 0.316. The van der Waals surface area contributed by atoms with E-state index >= 15 is 0 Å². The van der Waals surface area contributed by atoms with Crippen molar-refractivity contribution >= 4 is 5.91 Å². The van der Waals surface area contributed by atoms with Crippen LogP contribution in [0.2, 0.25) is 0 Å². The predicted octanol–water partition coefficient (Wildman–Crippen LogP) is 3.97. The number of benzene rings is 2. The van der Waals surface area contributed by atoms with Crippen LogP contribution < -0.4 is 10.1 Å². The molecule has 0 fully saturated rings. The van der Waals surface area contributed by atoms with Crippen LogP contribution in [0, 0.1) is 0 Å². The first-order valence-corrected chi connectivity index (χ1v) is 7.81. The Kier molecular flexibility index (Phi) is 6.01. The second-order valence-corrected chi connectivity index (χ2v) is 5.23. The van der Waals surface area contributed by atoms with Crippen molar-refractivity contribution in [1.82, 2.24) is 5.32 Å². The summed E-state index contributed by atoms with van der Waals surface area (Å²) in [5.41, 5.74) is 3.06. The van der Waals surface area contributed by atoms with Crippen molar-refractivity contribution in [3.05, 3.63) is 65.2 Å². The first-order chi connectivity index (χ1) is 10.7. The summed E-state index contributed by atoms with van der Waals surface area (Å²) in [6.07, 6.45) is 2.00. The normalized spacial score (nSPS) is 10.3. The molecule has 0 saturated carbocycles. The summed E-state index contributed by atoms with van der Waals surface area (Å²) in [7, 11) is 0. The maximum atomic E-state index is 12.1. The maximum absolute atomic E-state index is 12.1. The lowest BCUT2D eigenvalue weighted by molar-refractivity contribution is 0.0951. The Balaban J connectivity index is 1.88. The lowest BCUT2D eigenvalue weighted by Gasteiger charge is -2.08. The van der Waals surface area contributed by atoms with Gasteiger partial charge in [-0.3, -0.25) is 4.79 Å². The minimum absolute atomic E-state index is 0.0680. The van der Waals surface area contributed by atoms with E-state index in [1.54, 1.807) is 12.1 Å². The summed E-state index contributed by atoms with van der Waals surface area (Å²) >= 11 is 0. The highest BCUT2D eigenvalue weighted by molar-refractivity contribution is 5.94. The van der Waals surface area contributed by atoms with Crippen LogP contribution in [0.25, 0.3) is 0 Å². The van der Waals surface area contributed by atoms with Crippen molar-refractivity contribution < 1.29 is 9.53 Å². The minimum Gasteiger partial charge on any atom is -0.494 e. The molecule has 0 atom stereocenters. The zero-order valence-electron chi connectivity index (χ0n) is 13.3. The quantitative estimate of drug-likeness (QED) is 0.840. The van der Waals surface area contributed by atoms with Crippen molar-refractivity contribution in [2.45, 2.75) is 33.2 Å². The molecule has 2 aromatic rings. The molecule has 1 N–H and O–H groups in total. The van der Waals surface area contributed by atoms with E-state index in [0.29, 0.717) is 18.7 Å². The first kappa shape index (κ1) is 16.1. The Bertz CT molecular complexity index is 588. The van der Waals surface area contributed by atoms with Gasteiger partial charge in [-0.2, -0.15) is 0 Å². The van der Waals surface area contributed by atoms with Gasteiger partial charge in [0.2, 0.25) is 0 Å². The number of hydrogen-bond acceptors (Lipinski definition) is 2. The average Bonchev–Trinajstić information content (AvgIpc) is 2.58. The average molecular weight is 297 g/mol. The molecule has 0 spiro atoms. The van der Waals surface area contributed by atoms with Gasteiger partial charge in [-0.25, -0.2) is 0 Å². The van der Waals surface area contributed by atoms with Gasteiger partial charge < -0.3 is 10.1 Å². The minimum atomic E-state index is -0.0680. The van der Waals surface area contributed by atoms with Gasteiger partial charge in [-0.15, -0.1) is 0 Å². The SMILES string of the molecule is CCCOc1ccc(C(=O)NCc2ccc(CC)cc2)cc1. The third-order valence-corrected chi connectivity index (χ3v) is 3.47. The summed E-state index contributed by atoms with van der Waals surface area (Å²) in [5.74, 6) is 0.732. The van der Waals surface area contributed by atoms with E-state index in [0.717, 1.165) is 24.2 Å². The lowest BCUT2D eigenvalue weighted by Crippen LogP contribution is -2.22. The van der Waals surface area contributed by atoms with E-state index < -0.39 is 0 Å². The zero-order chi connectivity index (χ0) is 15.8. The topological polar surface area (TPSA) is 38.3 Å². The standard InChI is InChI=1S/C19H23NO2/c1-3-13-22-18-11-9-17(10-12-18)19(21)20-14-16-7-5-15(4-2)6-8-16/h5-12H,3-4,13-14H2,1-2H3,(H,20,21). The van der Waals surface area contributed by atoms with Gasteiger partial charge in [0.05, 0.1) is 6.61 Å². The zero-order valence-corrected chi connectivity index (χ0v) is 13.3. The van der Waals surface area contributed by atoms with Crippen LogP contribution in [0.3, 0.4) is 0 Å². The summed E-state index contributed by atoms with van der Waals surface area (Å²) in [6.45, 7) is 5.43. The summed E-state index contributed by atoms with van der Waals surface area (Å²) in [4.78, 5) is 12.1. The molecule has 0 unspecified atom stereocenters. The number of carbonyl (C=O) groups is 1. The molecule has 3 heteroatoms. The van der Waals surface area contributed by atoms with Gasteiger partial charge >= 0.3 is 0 Å². The lowest BCUT2D eigenvalue weighted by atomic mass is 10.1. The molecule has 0 aliphatic heterocycles. The molecule has 0 aliphatic rings. The van der Waals surface area contributed by atoms with Crippen LogP contribution in [0.5, 0.6) is 5.75 Å². The van der Waals surface area contributed by atoms with E-state index in [2.05, 4.69) is 43.4 Å². The smallest absolute Gasteiger partial charge is 0.251 e. The Morgan fingerprint density at radius 2 is 1.59 bits per heavy atom. The fourth-order valence-corrected chi connectivity index (χ4v) is 2.10. The number of hydrogen-bond donors (Lipinski definition) is 1. The molecule has 0 aliphatic carbocycles. The molecule has 22 heavy (non-hydrogen) atoms. The first-order valence-electron chi connectivity index (χ1n) is 7.81. The molecule has 116 valence electrons. The summed E-state index contributed by atoms with van der Waals surface area (Å²) < 4.78 is 5.51. The molecule has 0 aromatic heterocycles. The van der Waals surface area contributed by atoms with Gasteiger partial charge in [-0.1, -0.05) is 38.1 Å². The second kappa shape index (κ2) is 8.23.